The molecule has 0 amide bonds. The largest absolute Gasteiger partial charge is 0.380 e. The molecule has 1 aromatic rings. The molecule has 0 aromatic heterocycles. The van der Waals surface area contributed by atoms with Gasteiger partial charge >= 0.3 is 0 Å². The smallest absolute Gasteiger partial charge is 0.242 e. The lowest BCUT2D eigenvalue weighted by atomic mass is 10.2. The van der Waals surface area contributed by atoms with E-state index < -0.39 is 10.0 Å². The first-order chi connectivity index (χ1) is 8.93. The van der Waals surface area contributed by atoms with Crippen LogP contribution < -0.4 is 0 Å². The molecule has 0 N–H and O–H groups in total. The molecule has 1 aromatic carbocycles. The van der Waals surface area contributed by atoms with Crippen molar-refractivity contribution in [3.8, 4) is 0 Å². The van der Waals surface area contributed by atoms with Crippen LogP contribution in [0.25, 0.3) is 0 Å². The highest BCUT2D eigenvalue weighted by Crippen LogP contribution is 2.23. The lowest BCUT2D eigenvalue weighted by Crippen LogP contribution is -2.30. The summed E-state index contributed by atoms with van der Waals surface area (Å²) in [6.07, 6.45) is 0. The zero-order valence-corrected chi connectivity index (χ0v) is 13.2. The first-order valence-corrected chi connectivity index (χ1v) is 8.17. The van der Waals surface area contributed by atoms with Crippen LogP contribution in [0, 0.1) is 0 Å². The highest BCUT2D eigenvalue weighted by Gasteiger charge is 2.21. The van der Waals surface area contributed by atoms with Crippen LogP contribution in [-0.4, -0.2) is 39.5 Å². The van der Waals surface area contributed by atoms with Crippen LogP contribution >= 0.6 is 23.2 Å². The van der Waals surface area contributed by atoms with Crippen LogP contribution in [-0.2, 0) is 20.6 Å². The Morgan fingerprint density at radius 1 is 1.37 bits per heavy atom. The van der Waals surface area contributed by atoms with Crippen molar-refractivity contribution in [3.05, 3.63) is 28.8 Å². The van der Waals surface area contributed by atoms with E-state index in [1.807, 2.05) is 6.92 Å². The van der Waals surface area contributed by atoms with Crippen molar-refractivity contribution in [2.24, 2.45) is 0 Å². The molecule has 0 aliphatic heterocycles. The van der Waals surface area contributed by atoms with E-state index in [4.69, 9.17) is 27.9 Å². The average molecular weight is 326 g/mol. The van der Waals surface area contributed by atoms with Crippen molar-refractivity contribution in [1.82, 2.24) is 4.31 Å². The number of nitrogens with zero attached hydrogens (tertiary/aromatic N) is 1. The fourth-order valence-corrected chi connectivity index (χ4v) is 3.23. The zero-order chi connectivity index (χ0) is 14.5. The molecule has 0 unspecified atom stereocenters. The fourth-order valence-electron chi connectivity index (χ4n) is 1.43. The van der Waals surface area contributed by atoms with E-state index in [-0.39, 0.29) is 10.8 Å². The van der Waals surface area contributed by atoms with E-state index in [0.29, 0.717) is 30.3 Å². The molecule has 0 radical (unpaired) electrons. The van der Waals surface area contributed by atoms with Crippen molar-refractivity contribution in [3.63, 3.8) is 0 Å². The predicted molar refractivity (Wildman–Crippen MR) is 77.3 cm³/mol. The molecule has 0 saturated carbocycles. The van der Waals surface area contributed by atoms with Gasteiger partial charge in [-0.15, -0.1) is 11.6 Å². The lowest BCUT2D eigenvalue weighted by Gasteiger charge is -2.17. The summed E-state index contributed by atoms with van der Waals surface area (Å²) >= 11 is 11.7. The van der Waals surface area contributed by atoms with Crippen molar-refractivity contribution >= 4 is 33.2 Å². The molecule has 4 nitrogen and oxygen atoms in total. The van der Waals surface area contributed by atoms with Gasteiger partial charge in [-0.25, -0.2) is 8.42 Å². The number of halogens is 2. The molecule has 0 fully saturated rings. The zero-order valence-electron chi connectivity index (χ0n) is 10.9. The summed E-state index contributed by atoms with van der Waals surface area (Å²) in [4.78, 5) is 0.158. The minimum atomic E-state index is -3.54. The van der Waals surface area contributed by atoms with Gasteiger partial charge in [0.2, 0.25) is 10.0 Å². The molecule has 108 valence electrons. The SMILES string of the molecule is CCOCCN(C)S(=O)(=O)c1ccc(CCl)c(Cl)c1. The van der Waals surface area contributed by atoms with Crippen LogP contribution in [0.5, 0.6) is 0 Å². The molecule has 0 heterocycles. The normalized spacial score (nSPS) is 12.1. The third-order valence-corrected chi connectivity index (χ3v) is 5.12. The molecule has 0 bridgehead atoms. The Labute approximate surface area is 124 Å². The predicted octanol–water partition coefficient (Wildman–Crippen LogP) is 2.74. The summed E-state index contributed by atoms with van der Waals surface area (Å²) in [5.41, 5.74) is 0.708. The average Bonchev–Trinajstić information content (AvgIpc) is 2.38. The van der Waals surface area contributed by atoms with Crippen molar-refractivity contribution in [1.29, 1.82) is 0 Å². The van der Waals surface area contributed by atoms with Crippen molar-refractivity contribution in [2.75, 3.05) is 26.8 Å². The van der Waals surface area contributed by atoms with Gasteiger partial charge in [-0.1, -0.05) is 17.7 Å². The molecule has 7 heteroatoms. The van der Waals surface area contributed by atoms with Gasteiger partial charge in [0.1, 0.15) is 0 Å². The maximum absolute atomic E-state index is 12.3. The van der Waals surface area contributed by atoms with E-state index in [1.165, 1.54) is 23.5 Å². The van der Waals surface area contributed by atoms with Crippen LogP contribution in [0.4, 0.5) is 0 Å². The Morgan fingerprint density at radius 3 is 2.58 bits per heavy atom. The third kappa shape index (κ3) is 4.33. The first kappa shape index (κ1) is 16.7. The summed E-state index contributed by atoms with van der Waals surface area (Å²) in [7, 11) is -2.03. The molecule has 0 aliphatic rings. The fraction of sp³-hybridized carbons (Fsp3) is 0.500. The number of likely N-dealkylation sites (N-methyl/N-ethyl adjacent to an activating group) is 1. The third-order valence-electron chi connectivity index (χ3n) is 2.63. The van der Waals surface area contributed by atoms with Gasteiger partial charge in [0.15, 0.2) is 0 Å². The Bertz CT molecular complexity index is 520. The second kappa shape index (κ2) is 7.45. The van der Waals surface area contributed by atoms with Gasteiger partial charge < -0.3 is 4.74 Å². The monoisotopic (exact) mass is 325 g/mol. The minimum absolute atomic E-state index is 0.158. The number of hydrogen-bond donors (Lipinski definition) is 0. The number of sulfonamides is 1. The molecule has 0 aliphatic carbocycles. The molecule has 19 heavy (non-hydrogen) atoms. The van der Waals surface area contributed by atoms with Gasteiger partial charge in [0.05, 0.1) is 11.5 Å². The lowest BCUT2D eigenvalue weighted by molar-refractivity contribution is 0.138. The highest BCUT2D eigenvalue weighted by molar-refractivity contribution is 7.89. The van der Waals surface area contributed by atoms with Crippen LogP contribution in [0.3, 0.4) is 0 Å². The van der Waals surface area contributed by atoms with Gasteiger partial charge in [-0.3, -0.25) is 0 Å². The van der Waals surface area contributed by atoms with E-state index >= 15 is 0 Å². The summed E-state index contributed by atoms with van der Waals surface area (Å²) in [5.74, 6) is 0.249. The quantitative estimate of drug-likeness (QED) is 0.572. The minimum Gasteiger partial charge on any atom is -0.380 e. The maximum atomic E-state index is 12.3. The van der Waals surface area contributed by atoms with Crippen LogP contribution in [0.2, 0.25) is 5.02 Å². The van der Waals surface area contributed by atoms with Gasteiger partial charge in [0.25, 0.3) is 0 Å². The number of alkyl halides is 1. The Hall–Kier alpha value is -0.330. The summed E-state index contributed by atoms with van der Waals surface area (Å²) in [6.45, 7) is 3.08. The molecular formula is C12H17Cl2NO3S. The Balaban J connectivity index is 2.90. The number of benzene rings is 1. The summed E-state index contributed by atoms with van der Waals surface area (Å²) in [5, 5.41) is 0.356. The van der Waals surface area contributed by atoms with Crippen LogP contribution in [0.15, 0.2) is 23.1 Å². The van der Waals surface area contributed by atoms with E-state index in [0.717, 1.165) is 0 Å². The first-order valence-electron chi connectivity index (χ1n) is 5.82. The van der Waals surface area contributed by atoms with Crippen molar-refractivity contribution in [2.45, 2.75) is 17.7 Å². The maximum Gasteiger partial charge on any atom is 0.242 e. The number of ether oxygens (including phenoxy) is 1. The van der Waals surface area contributed by atoms with Gasteiger partial charge in [-0.05, 0) is 24.6 Å². The Kier molecular flexibility index (Phi) is 6.56. The van der Waals surface area contributed by atoms with Gasteiger partial charge in [0, 0.05) is 31.1 Å². The Morgan fingerprint density at radius 2 is 2.05 bits per heavy atom. The van der Waals surface area contributed by atoms with E-state index in [1.54, 1.807) is 6.07 Å². The molecule has 0 atom stereocenters. The second-order valence-corrected chi connectivity index (χ2v) is 6.63. The topological polar surface area (TPSA) is 46.6 Å². The van der Waals surface area contributed by atoms with E-state index in [2.05, 4.69) is 0 Å². The standard InChI is InChI=1S/C12H17Cl2NO3S/c1-3-18-7-6-15(2)19(16,17)11-5-4-10(9-13)12(14)8-11/h4-5,8H,3,6-7,9H2,1-2H3. The molecule has 1 rings (SSSR count). The van der Waals surface area contributed by atoms with Crippen molar-refractivity contribution < 1.29 is 13.2 Å². The second-order valence-electron chi connectivity index (χ2n) is 3.91. The molecule has 0 spiro atoms. The van der Waals surface area contributed by atoms with Crippen LogP contribution in [0.1, 0.15) is 12.5 Å². The molecule has 0 saturated heterocycles. The summed E-state index contributed by atoms with van der Waals surface area (Å²) < 4.78 is 30.9. The number of hydrogen-bond acceptors (Lipinski definition) is 3. The summed E-state index contributed by atoms with van der Waals surface area (Å²) in [6, 6.07) is 4.56. The highest BCUT2D eigenvalue weighted by atomic mass is 35.5. The molecular weight excluding hydrogens is 309 g/mol. The number of rotatable bonds is 7. The van der Waals surface area contributed by atoms with Gasteiger partial charge in [-0.2, -0.15) is 4.31 Å². The van der Waals surface area contributed by atoms with E-state index in [9.17, 15) is 8.42 Å².